The van der Waals surface area contributed by atoms with E-state index in [9.17, 15) is 14.7 Å². The summed E-state index contributed by atoms with van der Waals surface area (Å²) in [5.74, 6) is -2.17. The maximum absolute atomic E-state index is 11.7. The Labute approximate surface area is 101 Å². The van der Waals surface area contributed by atoms with Gasteiger partial charge in [-0.2, -0.15) is 0 Å². The van der Waals surface area contributed by atoms with Crippen molar-refractivity contribution in [1.29, 1.82) is 0 Å². The first-order valence-electron chi connectivity index (χ1n) is 6.39. The number of hydrogen-bond acceptors (Lipinski definition) is 3. The van der Waals surface area contributed by atoms with Crippen molar-refractivity contribution >= 4 is 11.9 Å². The molecule has 96 valence electrons. The molecule has 0 aromatic heterocycles. The van der Waals surface area contributed by atoms with Crippen LogP contribution in [0.2, 0.25) is 0 Å². The summed E-state index contributed by atoms with van der Waals surface area (Å²) < 4.78 is 4.75. The monoisotopic (exact) mass is 240 g/mol. The number of esters is 1. The van der Waals surface area contributed by atoms with Crippen molar-refractivity contribution in [2.75, 3.05) is 7.11 Å². The van der Waals surface area contributed by atoms with E-state index in [1.807, 2.05) is 0 Å². The lowest BCUT2D eigenvalue weighted by molar-refractivity contribution is -0.154. The Morgan fingerprint density at radius 1 is 1.12 bits per heavy atom. The molecule has 0 bridgehead atoms. The van der Waals surface area contributed by atoms with E-state index in [2.05, 4.69) is 0 Å². The number of carboxylic acids is 1. The summed E-state index contributed by atoms with van der Waals surface area (Å²) >= 11 is 0. The molecule has 2 unspecified atom stereocenters. The number of ether oxygens (including phenoxy) is 1. The molecule has 1 N–H and O–H groups in total. The van der Waals surface area contributed by atoms with Crippen LogP contribution in [0.5, 0.6) is 0 Å². The molecule has 0 heterocycles. The molecule has 2 aliphatic rings. The van der Waals surface area contributed by atoms with Crippen LogP contribution >= 0.6 is 0 Å². The molecule has 0 aliphatic heterocycles. The van der Waals surface area contributed by atoms with Crippen LogP contribution in [0, 0.1) is 17.3 Å². The van der Waals surface area contributed by atoms with E-state index in [-0.39, 0.29) is 11.4 Å². The minimum atomic E-state index is -0.845. The van der Waals surface area contributed by atoms with E-state index in [1.54, 1.807) is 0 Å². The second-order valence-corrected chi connectivity index (χ2v) is 5.54. The van der Waals surface area contributed by atoms with Gasteiger partial charge in [0.25, 0.3) is 0 Å². The van der Waals surface area contributed by atoms with Crippen LogP contribution in [0.4, 0.5) is 0 Å². The molecule has 2 atom stereocenters. The third kappa shape index (κ3) is 2.31. The maximum atomic E-state index is 11.7. The van der Waals surface area contributed by atoms with E-state index < -0.39 is 17.8 Å². The van der Waals surface area contributed by atoms with Crippen LogP contribution in [0.1, 0.15) is 44.9 Å². The molecule has 0 aromatic carbocycles. The lowest BCUT2D eigenvalue weighted by atomic mass is 9.72. The highest BCUT2D eigenvalue weighted by molar-refractivity contribution is 5.82. The highest BCUT2D eigenvalue weighted by atomic mass is 16.5. The third-order valence-corrected chi connectivity index (χ3v) is 4.53. The Kier molecular flexibility index (Phi) is 3.40. The SMILES string of the molecule is COC(=O)C1CC2(CCCCC2)CC1C(=O)O. The predicted molar refractivity (Wildman–Crippen MR) is 61.4 cm³/mol. The normalized spacial score (nSPS) is 31.4. The fraction of sp³-hybridized carbons (Fsp3) is 0.846. The van der Waals surface area contributed by atoms with Crippen LogP contribution in [-0.4, -0.2) is 24.2 Å². The third-order valence-electron chi connectivity index (χ3n) is 4.53. The molecular formula is C13H20O4. The van der Waals surface area contributed by atoms with Gasteiger partial charge < -0.3 is 9.84 Å². The first-order chi connectivity index (χ1) is 8.08. The number of methoxy groups -OCH3 is 1. The molecule has 0 aromatic rings. The van der Waals surface area contributed by atoms with Gasteiger partial charge in [-0.15, -0.1) is 0 Å². The largest absolute Gasteiger partial charge is 0.481 e. The molecule has 2 saturated carbocycles. The Hall–Kier alpha value is -1.06. The maximum Gasteiger partial charge on any atom is 0.309 e. The molecule has 2 fully saturated rings. The van der Waals surface area contributed by atoms with E-state index in [1.165, 1.54) is 26.4 Å². The van der Waals surface area contributed by atoms with E-state index in [0.29, 0.717) is 12.8 Å². The van der Waals surface area contributed by atoms with Crippen LogP contribution in [-0.2, 0) is 14.3 Å². The summed E-state index contributed by atoms with van der Waals surface area (Å²) in [4.78, 5) is 22.9. The number of hydrogen-bond donors (Lipinski definition) is 1. The topological polar surface area (TPSA) is 63.6 Å². The van der Waals surface area contributed by atoms with Crippen molar-refractivity contribution in [3.05, 3.63) is 0 Å². The van der Waals surface area contributed by atoms with Crippen LogP contribution < -0.4 is 0 Å². The predicted octanol–water partition coefficient (Wildman–Crippen LogP) is 2.22. The van der Waals surface area contributed by atoms with Gasteiger partial charge in [0.1, 0.15) is 0 Å². The summed E-state index contributed by atoms with van der Waals surface area (Å²) in [7, 11) is 1.34. The van der Waals surface area contributed by atoms with Crippen molar-refractivity contribution < 1.29 is 19.4 Å². The van der Waals surface area contributed by atoms with Gasteiger partial charge in [0, 0.05) is 0 Å². The van der Waals surface area contributed by atoms with Gasteiger partial charge >= 0.3 is 11.9 Å². The molecule has 2 aliphatic carbocycles. The molecule has 0 amide bonds. The fourth-order valence-electron chi connectivity index (χ4n) is 3.67. The molecular weight excluding hydrogens is 220 g/mol. The molecule has 2 rings (SSSR count). The Bertz CT molecular complexity index is 317. The summed E-state index contributed by atoms with van der Waals surface area (Å²) in [6.07, 6.45) is 7.08. The van der Waals surface area contributed by atoms with E-state index >= 15 is 0 Å². The van der Waals surface area contributed by atoms with Gasteiger partial charge in [-0.3, -0.25) is 9.59 Å². The number of carboxylic acid groups (broad SMARTS) is 1. The molecule has 1 spiro atoms. The average molecular weight is 240 g/mol. The van der Waals surface area contributed by atoms with Gasteiger partial charge in [-0.1, -0.05) is 19.3 Å². The summed E-state index contributed by atoms with van der Waals surface area (Å²) in [5, 5.41) is 9.23. The zero-order chi connectivity index (χ0) is 12.5. The highest BCUT2D eigenvalue weighted by Gasteiger charge is 2.51. The number of carbonyl (C=O) groups excluding carboxylic acids is 1. The lowest BCUT2D eigenvalue weighted by Crippen LogP contribution is -2.26. The summed E-state index contributed by atoms with van der Waals surface area (Å²) in [5.41, 5.74) is 0.0974. The van der Waals surface area contributed by atoms with E-state index in [0.717, 1.165) is 12.8 Å². The quantitative estimate of drug-likeness (QED) is 0.752. The summed E-state index contributed by atoms with van der Waals surface area (Å²) in [6.45, 7) is 0. The van der Waals surface area contributed by atoms with E-state index in [4.69, 9.17) is 4.74 Å². The van der Waals surface area contributed by atoms with Crippen LogP contribution in [0.15, 0.2) is 0 Å². The number of rotatable bonds is 2. The fourth-order valence-corrected chi connectivity index (χ4v) is 3.67. The van der Waals surface area contributed by atoms with Crippen molar-refractivity contribution in [3.63, 3.8) is 0 Å². The second kappa shape index (κ2) is 4.67. The zero-order valence-electron chi connectivity index (χ0n) is 10.3. The molecule has 4 heteroatoms. The van der Waals surface area contributed by atoms with Crippen LogP contribution in [0.25, 0.3) is 0 Å². The summed E-state index contributed by atoms with van der Waals surface area (Å²) in [6, 6.07) is 0. The first kappa shape index (κ1) is 12.4. The van der Waals surface area contributed by atoms with Gasteiger partial charge in [0.2, 0.25) is 0 Å². The molecule has 0 radical (unpaired) electrons. The Morgan fingerprint density at radius 3 is 2.24 bits per heavy atom. The van der Waals surface area contributed by atoms with Crippen molar-refractivity contribution in [1.82, 2.24) is 0 Å². The smallest absolute Gasteiger partial charge is 0.309 e. The Morgan fingerprint density at radius 2 is 1.71 bits per heavy atom. The van der Waals surface area contributed by atoms with Crippen LogP contribution in [0.3, 0.4) is 0 Å². The van der Waals surface area contributed by atoms with Gasteiger partial charge in [-0.05, 0) is 31.1 Å². The molecule has 0 saturated heterocycles. The van der Waals surface area contributed by atoms with Gasteiger partial charge in [0.15, 0.2) is 0 Å². The molecule has 17 heavy (non-hydrogen) atoms. The lowest BCUT2D eigenvalue weighted by Gasteiger charge is -2.33. The van der Waals surface area contributed by atoms with Gasteiger partial charge in [-0.25, -0.2) is 0 Å². The highest BCUT2D eigenvalue weighted by Crippen LogP contribution is 2.54. The Balaban J connectivity index is 2.15. The second-order valence-electron chi connectivity index (χ2n) is 5.54. The number of aliphatic carboxylic acids is 1. The zero-order valence-corrected chi connectivity index (χ0v) is 10.3. The average Bonchev–Trinajstić information content (AvgIpc) is 2.69. The number of carbonyl (C=O) groups is 2. The minimum absolute atomic E-state index is 0.0974. The molecule has 4 nitrogen and oxygen atoms in total. The van der Waals surface area contributed by atoms with Crippen molar-refractivity contribution in [2.45, 2.75) is 44.9 Å². The van der Waals surface area contributed by atoms with Crippen molar-refractivity contribution in [3.8, 4) is 0 Å². The first-order valence-corrected chi connectivity index (χ1v) is 6.39. The van der Waals surface area contributed by atoms with Gasteiger partial charge in [0.05, 0.1) is 18.9 Å². The van der Waals surface area contributed by atoms with Crippen molar-refractivity contribution in [2.24, 2.45) is 17.3 Å². The standard InChI is InChI=1S/C13H20O4/c1-17-12(16)10-8-13(5-3-2-4-6-13)7-9(10)11(14)15/h9-10H,2-8H2,1H3,(H,14,15). The minimum Gasteiger partial charge on any atom is -0.481 e.